The third kappa shape index (κ3) is 3.04. The first-order valence-corrected chi connectivity index (χ1v) is 6.94. The summed E-state index contributed by atoms with van der Waals surface area (Å²) in [4.78, 5) is 1.96. The monoisotopic (exact) mass is 269 g/mol. The van der Waals surface area contributed by atoms with Gasteiger partial charge in [-0.1, -0.05) is 5.16 Å². The maximum Gasteiger partial charge on any atom is 0.174 e. The van der Waals surface area contributed by atoms with Crippen molar-refractivity contribution in [3.63, 3.8) is 0 Å². The average Bonchev–Trinajstić information content (AvgIpc) is 2.38. The van der Waals surface area contributed by atoms with Crippen LogP contribution in [0.25, 0.3) is 0 Å². The van der Waals surface area contributed by atoms with Gasteiger partial charge >= 0.3 is 0 Å². The van der Waals surface area contributed by atoms with E-state index in [2.05, 4.69) is 15.4 Å². The van der Waals surface area contributed by atoms with E-state index in [0.29, 0.717) is 11.4 Å². The van der Waals surface area contributed by atoms with Crippen molar-refractivity contribution in [2.24, 2.45) is 10.9 Å². The number of anilines is 1. The third-order valence-electron chi connectivity index (χ3n) is 2.79. The van der Waals surface area contributed by atoms with Crippen LogP contribution in [0.3, 0.4) is 0 Å². The number of nitrogens with two attached hydrogens (primary N) is 1. The fraction of sp³-hybridized carbons (Fsp3) is 0.545. The zero-order valence-electron chi connectivity index (χ0n) is 11.1. The van der Waals surface area contributed by atoms with Crippen LogP contribution in [0.4, 0.5) is 5.82 Å². The number of amidine groups is 1. The van der Waals surface area contributed by atoms with E-state index >= 15 is 0 Å². The molecule has 1 rings (SSSR count). The molecule has 0 atom stereocenters. The Morgan fingerprint density at radius 1 is 1.44 bits per heavy atom. The van der Waals surface area contributed by atoms with Gasteiger partial charge in [-0.25, -0.2) is 0 Å². The van der Waals surface area contributed by atoms with Crippen molar-refractivity contribution in [1.82, 2.24) is 10.2 Å². The molecule has 0 aliphatic carbocycles. The van der Waals surface area contributed by atoms with Crippen molar-refractivity contribution in [2.45, 2.75) is 13.8 Å². The van der Waals surface area contributed by atoms with E-state index in [1.807, 2.05) is 32.1 Å². The van der Waals surface area contributed by atoms with Crippen LogP contribution in [-0.4, -0.2) is 46.8 Å². The molecule has 7 heteroatoms. The van der Waals surface area contributed by atoms with E-state index in [1.165, 1.54) is 0 Å². The highest BCUT2D eigenvalue weighted by atomic mass is 32.2. The zero-order chi connectivity index (χ0) is 13.7. The molecule has 0 unspecified atom stereocenters. The molecule has 3 N–H and O–H groups in total. The second-order valence-corrected chi connectivity index (χ2v) is 4.99. The van der Waals surface area contributed by atoms with E-state index in [4.69, 9.17) is 10.9 Å². The molecule has 0 aliphatic rings. The third-order valence-corrected chi connectivity index (χ3v) is 3.38. The van der Waals surface area contributed by atoms with E-state index in [1.54, 1.807) is 11.8 Å². The Labute approximate surface area is 111 Å². The number of nitrogens with zero attached hydrogens (tertiary/aromatic N) is 4. The maximum atomic E-state index is 8.88. The van der Waals surface area contributed by atoms with Gasteiger partial charge in [-0.05, 0) is 25.7 Å². The summed E-state index contributed by atoms with van der Waals surface area (Å²) < 4.78 is 0. The summed E-state index contributed by atoms with van der Waals surface area (Å²) in [5.41, 5.74) is 8.04. The number of rotatable bonds is 5. The molecular weight excluding hydrogens is 250 g/mol. The van der Waals surface area contributed by atoms with Gasteiger partial charge in [-0.3, -0.25) is 0 Å². The molecule has 6 nitrogen and oxygen atoms in total. The standard InChI is InChI=1S/C11H19N5OS/c1-7-8(2)13-14-11(9(7)10(12)15-17)16(3)5-6-18-4/h17H,5-6H2,1-4H3,(H2,12,15). The lowest BCUT2D eigenvalue weighted by atomic mass is 10.1. The molecule has 1 aromatic heterocycles. The van der Waals surface area contributed by atoms with Gasteiger partial charge < -0.3 is 15.8 Å². The van der Waals surface area contributed by atoms with Crippen molar-refractivity contribution < 1.29 is 5.21 Å². The molecule has 0 aliphatic heterocycles. The van der Waals surface area contributed by atoms with E-state index in [9.17, 15) is 0 Å². The fourth-order valence-electron chi connectivity index (χ4n) is 1.55. The summed E-state index contributed by atoms with van der Waals surface area (Å²) in [5, 5.41) is 20.2. The number of aryl methyl sites for hydroxylation is 1. The molecule has 0 fully saturated rings. The molecule has 1 heterocycles. The summed E-state index contributed by atoms with van der Waals surface area (Å²) in [6.07, 6.45) is 2.05. The summed E-state index contributed by atoms with van der Waals surface area (Å²) in [6, 6.07) is 0. The van der Waals surface area contributed by atoms with Crippen molar-refractivity contribution in [2.75, 3.05) is 30.5 Å². The fourth-order valence-corrected chi connectivity index (χ4v) is 2.01. The minimum absolute atomic E-state index is 0.0662. The molecule has 1 aromatic rings. The Morgan fingerprint density at radius 3 is 2.67 bits per heavy atom. The molecular formula is C11H19N5OS. The van der Waals surface area contributed by atoms with Gasteiger partial charge in [-0.2, -0.15) is 16.9 Å². The molecule has 0 spiro atoms. The predicted molar refractivity (Wildman–Crippen MR) is 75.7 cm³/mol. The summed E-state index contributed by atoms with van der Waals surface area (Å²) in [6.45, 7) is 4.56. The number of aromatic nitrogens is 2. The molecule has 0 radical (unpaired) electrons. The Kier molecular flexibility index (Phi) is 5.21. The predicted octanol–water partition coefficient (Wildman–Crippen LogP) is 0.987. The number of hydrogen-bond acceptors (Lipinski definition) is 6. The molecule has 0 saturated carbocycles. The average molecular weight is 269 g/mol. The van der Waals surface area contributed by atoms with Gasteiger partial charge in [-0.15, -0.1) is 5.10 Å². The van der Waals surface area contributed by atoms with Crippen molar-refractivity contribution in [3.8, 4) is 0 Å². The lowest BCUT2D eigenvalue weighted by Crippen LogP contribution is -2.27. The maximum absolute atomic E-state index is 8.88. The van der Waals surface area contributed by atoms with Crippen LogP contribution < -0.4 is 10.6 Å². The first-order chi connectivity index (χ1) is 8.52. The highest BCUT2D eigenvalue weighted by Crippen LogP contribution is 2.21. The molecule has 0 amide bonds. The minimum atomic E-state index is 0.0662. The quantitative estimate of drug-likeness (QED) is 0.359. The first-order valence-electron chi connectivity index (χ1n) is 5.54. The highest BCUT2D eigenvalue weighted by Gasteiger charge is 2.17. The summed E-state index contributed by atoms with van der Waals surface area (Å²) >= 11 is 1.75. The zero-order valence-corrected chi connectivity index (χ0v) is 12.0. The SMILES string of the molecule is CSCCN(C)c1nnc(C)c(C)c1C(N)=NO. The van der Waals surface area contributed by atoms with Gasteiger partial charge in [0.05, 0.1) is 11.3 Å². The van der Waals surface area contributed by atoms with Gasteiger partial charge in [0.2, 0.25) is 0 Å². The second kappa shape index (κ2) is 6.44. The van der Waals surface area contributed by atoms with Gasteiger partial charge in [0.1, 0.15) is 0 Å². The van der Waals surface area contributed by atoms with Crippen LogP contribution in [0.15, 0.2) is 5.16 Å². The van der Waals surface area contributed by atoms with Gasteiger partial charge in [0.15, 0.2) is 11.7 Å². The number of oxime groups is 1. The topological polar surface area (TPSA) is 87.6 Å². The Bertz CT molecular complexity index is 449. The van der Waals surface area contributed by atoms with Crippen molar-refractivity contribution in [1.29, 1.82) is 0 Å². The van der Waals surface area contributed by atoms with Gasteiger partial charge in [0.25, 0.3) is 0 Å². The smallest absolute Gasteiger partial charge is 0.174 e. The first kappa shape index (κ1) is 14.6. The molecule has 18 heavy (non-hydrogen) atoms. The summed E-state index contributed by atoms with van der Waals surface area (Å²) in [7, 11) is 1.92. The molecule has 100 valence electrons. The lowest BCUT2D eigenvalue weighted by Gasteiger charge is -2.21. The van der Waals surface area contributed by atoms with Crippen LogP contribution in [0.2, 0.25) is 0 Å². The van der Waals surface area contributed by atoms with Crippen LogP contribution in [-0.2, 0) is 0 Å². The molecule has 0 aromatic carbocycles. The minimum Gasteiger partial charge on any atom is -0.409 e. The number of thioether (sulfide) groups is 1. The highest BCUT2D eigenvalue weighted by molar-refractivity contribution is 7.98. The largest absolute Gasteiger partial charge is 0.409 e. The lowest BCUT2D eigenvalue weighted by molar-refractivity contribution is 0.318. The molecule has 0 saturated heterocycles. The summed E-state index contributed by atoms with van der Waals surface area (Å²) in [5.74, 6) is 1.68. The Morgan fingerprint density at radius 2 is 2.11 bits per heavy atom. The van der Waals surface area contributed by atoms with E-state index in [-0.39, 0.29) is 5.84 Å². The van der Waals surface area contributed by atoms with Crippen molar-refractivity contribution in [3.05, 3.63) is 16.8 Å². The van der Waals surface area contributed by atoms with Crippen LogP contribution >= 0.6 is 11.8 Å². The van der Waals surface area contributed by atoms with Crippen LogP contribution in [0.5, 0.6) is 0 Å². The normalized spacial score (nSPS) is 11.7. The van der Waals surface area contributed by atoms with Crippen LogP contribution in [0, 0.1) is 13.8 Å². The van der Waals surface area contributed by atoms with E-state index in [0.717, 1.165) is 23.6 Å². The van der Waals surface area contributed by atoms with Gasteiger partial charge in [0, 0.05) is 19.3 Å². The second-order valence-electron chi connectivity index (χ2n) is 4.01. The Balaban J connectivity index is 3.22. The number of hydrogen-bond donors (Lipinski definition) is 2. The van der Waals surface area contributed by atoms with Crippen LogP contribution in [0.1, 0.15) is 16.8 Å². The van der Waals surface area contributed by atoms with E-state index < -0.39 is 0 Å². The Hall–Kier alpha value is -1.50. The van der Waals surface area contributed by atoms with Crippen molar-refractivity contribution >= 4 is 23.4 Å². The molecule has 0 bridgehead atoms.